The number of ether oxygens (including phenoxy) is 1. The van der Waals surface area contributed by atoms with Gasteiger partial charge in [0, 0.05) is 23.3 Å². The van der Waals surface area contributed by atoms with E-state index in [-0.39, 0.29) is 11.6 Å². The van der Waals surface area contributed by atoms with Gasteiger partial charge in [-0.1, -0.05) is 18.2 Å². The molecule has 25 heavy (non-hydrogen) atoms. The van der Waals surface area contributed by atoms with Gasteiger partial charge < -0.3 is 10.1 Å². The first-order chi connectivity index (χ1) is 12.2. The van der Waals surface area contributed by atoms with E-state index < -0.39 is 12.0 Å². The van der Waals surface area contributed by atoms with Gasteiger partial charge in [-0.25, -0.2) is 9.78 Å². The molecule has 1 atom stereocenters. The van der Waals surface area contributed by atoms with E-state index in [4.69, 9.17) is 4.74 Å². The van der Waals surface area contributed by atoms with Crippen LogP contribution in [0.4, 0.5) is 0 Å². The molecule has 126 valence electrons. The van der Waals surface area contributed by atoms with E-state index in [2.05, 4.69) is 15.3 Å². The quantitative estimate of drug-likeness (QED) is 0.713. The summed E-state index contributed by atoms with van der Waals surface area (Å²) in [5.41, 5.74) is 1.59. The van der Waals surface area contributed by atoms with Gasteiger partial charge in [0.1, 0.15) is 11.0 Å². The summed E-state index contributed by atoms with van der Waals surface area (Å²) in [4.78, 5) is 32.5. The largest absolute Gasteiger partial charge is 0.464 e. The number of aromatic nitrogens is 2. The van der Waals surface area contributed by atoms with Crippen LogP contribution in [0.2, 0.25) is 0 Å². The number of methoxy groups -OCH3 is 1. The number of amides is 1. The first kappa shape index (κ1) is 16.8. The summed E-state index contributed by atoms with van der Waals surface area (Å²) in [5, 5.41) is 5.17. The van der Waals surface area contributed by atoms with Crippen molar-refractivity contribution in [3.05, 3.63) is 82.1 Å². The third kappa shape index (κ3) is 3.89. The summed E-state index contributed by atoms with van der Waals surface area (Å²) < 4.78 is 4.69. The summed E-state index contributed by atoms with van der Waals surface area (Å²) in [5.74, 6) is -0.734. The predicted molar refractivity (Wildman–Crippen MR) is 93.4 cm³/mol. The van der Waals surface area contributed by atoms with Crippen LogP contribution in [-0.4, -0.2) is 29.0 Å². The smallest absolute Gasteiger partial charge is 0.357 e. The summed E-state index contributed by atoms with van der Waals surface area (Å²) in [6, 6.07) is 12.0. The van der Waals surface area contributed by atoms with Gasteiger partial charge in [0.05, 0.1) is 7.11 Å². The molecule has 0 saturated carbocycles. The van der Waals surface area contributed by atoms with Crippen LogP contribution in [0, 0.1) is 0 Å². The molecule has 1 N–H and O–H groups in total. The Hall–Kier alpha value is -3.06. The monoisotopic (exact) mass is 353 g/mol. The molecule has 2 aromatic heterocycles. The van der Waals surface area contributed by atoms with Crippen LogP contribution in [0.1, 0.15) is 37.5 Å². The lowest BCUT2D eigenvalue weighted by Gasteiger charge is -2.17. The second kappa shape index (κ2) is 7.67. The fourth-order valence-electron chi connectivity index (χ4n) is 2.27. The molecule has 3 rings (SSSR count). The molecule has 3 aromatic rings. The topological polar surface area (TPSA) is 81.2 Å². The van der Waals surface area contributed by atoms with Crippen molar-refractivity contribution in [2.75, 3.05) is 7.11 Å². The first-order valence-corrected chi connectivity index (χ1v) is 8.36. The highest BCUT2D eigenvalue weighted by atomic mass is 32.1. The highest BCUT2D eigenvalue weighted by Crippen LogP contribution is 2.25. The summed E-state index contributed by atoms with van der Waals surface area (Å²) in [6.07, 6.45) is 3.29. The van der Waals surface area contributed by atoms with E-state index in [1.807, 2.05) is 6.07 Å². The van der Waals surface area contributed by atoms with Crippen molar-refractivity contribution in [1.29, 1.82) is 0 Å². The van der Waals surface area contributed by atoms with E-state index in [1.165, 1.54) is 18.4 Å². The number of thiazole rings is 1. The lowest BCUT2D eigenvalue weighted by Crippen LogP contribution is -2.29. The van der Waals surface area contributed by atoms with Gasteiger partial charge in [-0.3, -0.25) is 9.78 Å². The van der Waals surface area contributed by atoms with Gasteiger partial charge in [0.2, 0.25) is 0 Å². The molecule has 6 nitrogen and oxygen atoms in total. The Labute approximate surface area is 148 Å². The van der Waals surface area contributed by atoms with E-state index in [0.717, 1.165) is 5.56 Å². The molecule has 1 aromatic carbocycles. The van der Waals surface area contributed by atoms with Crippen molar-refractivity contribution in [1.82, 2.24) is 15.3 Å². The van der Waals surface area contributed by atoms with Gasteiger partial charge in [0.25, 0.3) is 5.91 Å². The second-order valence-corrected chi connectivity index (χ2v) is 6.01. The molecule has 7 heteroatoms. The molecule has 0 aliphatic rings. The fourth-order valence-corrected chi connectivity index (χ4v) is 3.13. The molecule has 1 amide bonds. The standard InChI is InChI=1S/C18H15N3O3S/c1-24-18(23)14-11-25-17(20-14)15(12-7-9-19-10-8-12)21-16(22)13-5-3-2-4-6-13/h2-11,15H,1H3,(H,21,22). The number of hydrogen-bond donors (Lipinski definition) is 1. The van der Waals surface area contributed by atoms with E-state index in [9.17, 15) is 9.59 Å². The number of rotatable bonds is 5. The maximum atomic E-state index is 12.6. The van der Waals surface area contributed by atoms with Crippen LogP contribution in [0.3, 0.4) is 0 Å². The molecule has 2 heterocycles. The van der Waals surface area contributed by atoms with Gasteiger partial charge in [-0.15, -0.1) is 11.3 Å². The Morgan fingerprint density at radius 1 is 1.12 bits per heavy atom. The minimum absolute atomic E-state index is 0.218. The minimum Gasteiger partial charge on any atom is -0.464 e. The van der Waals surface area contributed by atoms with E-state index >= 15 is 0 Å². The average Bonchev–Trinajstić information content (AvgIpc) is 3.16. The van der Waals surface area contributed by atoms with Crippen molar-refractivity contribution < 1.29 is 14.3 Å². The highest BCUT2D eigenvalue weighted by Gasteiger charge is 2.22. The van der Waals surface area contributed by atoms with Crippen molar-refractivity contribution in [2.24, 2.45) is 0 Å². The summed E-state index contributed by atoms with van der Waals surface area (Å²) >= 11 is 1.29. The molecule has 1 unspecified atom stereocenters. The molecule has 0 aliphatic carbocycles. The second-order valence-electron chi connectivity index (χ2n) is 5.12. The van der Waals surface area contributed by atoms with Crippen molar-refractivity contribution in [3.8, 4) is 0 Å². The lowest BCUT2D eigenvalue weighted by atomic mass is 10.1. The Kier molecular flexibility index (Phi) is 5.15. The van der Waals surface area contributed by atoms with Crippen LogP contribution in [0.5, 0.6) is 0 Å². The Balaban J connectivity index is 1.92. The number of carbonyl (C=O) groups is 2. The maximum absolute atomic E-state index is 12.6. The number of hydrogen-bond acceptors (Lipinski definition) is 6. The van der Waals surface area contributed by atoms with Crippen LogP contribution >= 0.6 is 11.3 Å². The maximum Gasteiger partial charge on any atom is 0.357 e. The molecule has 0 fully saturated rings. The van der Waals surface area contributed by atoms with E-state index in [1.54, 1.807) is 54.2 Å². The van der Waals surface area contributed by atoms with Crippen molar-refractivity contribution in [2.45, 2.75) is 6.04 Å². The van der Waals surface area contributed by atoms with Crippen LogP contribution in [-0.2, 0) is 4.74 Å². The number of benzene rings is 1. The SMILES string of the molecule is COC(=O)c1csc(C(NC(=O)c2ccccc2)c2ccncc2)n1. The average molecular weight is 353 g/mol. The third-order valence-corrected chi connectivity index (χ3v) is 4.42. The number of carbonyl (C=O) groups excluding carboxylic acids is 2. The molecule has 0 spiro atoms. The number of nitrogens with zero attached hydrogens (tertiary/aromatic N) is 2. The fraction of sp³-hybridized carbons (Fsp3) is 0.111. The van der Waals surface area contributed by atoms with Crippen molar-refractivity contribution in [3.63, 3.8) is 0 Å². The number of pyridine rings is 1. The Morgan fingerprint density at radius 3 is 2.52 bits per heavy atom. The molecule has 0 aliphatic heterocycles. The Bertz CT molecular complexity index is 866. The molecular weight excluding hydrogens is 338 g/mol. The summed E-state index contributed by atoms with van der Waals surface area (Å²) in [6.45, 7) is 0. The zero-order valence-electron chi connectivity index (χ0n) is 13.4. The van der Waals surface area contributed by atoms with Gasteiger partial charge in [-0.05, 0) is 29.8 Å². The van der Waals surface area contributed by atoms with Gasteiger partial charge >= 0.3 is 5.97 Å². The van der Waals surface area contributed by atoms with Gasteiger partial charge in [-0.2, -0.15) is 0 Å². The van der Waals surface area contributed by atoms with Crippen LogP contribution in [0.25, 0.3) is 0 Å². The number of nitrogens with one attached hydrogen (secondary N) is 1. The van der Waals surface area contributed by atoms with Crippen LogP contribution < -0.4 is 5.32 Å². The molecular formula is C18H15N3O3S. The van der Waals surface area contributed by atoms with Gasteiger partial charge in [0.15, 0.2) is 5.69 Å². The molecule has 0 bridgehead atoms. The lowest BCUT2D eigenvalue weighted by molar-refractivity contribution is 0.0594. The third-order valence-electron chi connectivity index (χ3n) is 3.51. The molecule has 0 radical (unpaired) electrons. The zero-order chi connectivity index (χ0) is 17.6. The minimum atomic E-state index is -0.509. The Morgan fingerprint density at radius 2 is 1.84 bits per heavy atom. The van der Waals surface area contributed by atoms with Crippen molar-refractivity contribution >= 4 is 23.2 Å². The van der Waals surface area contributed by atoms with E-state index in [0.29, 0.717) is 10.6 Å². The van der Waals surface area contributed by atoms with Crippen LogP contribution in [0.15, 0.2) is 60.2 Å². The first-order valence-electron chi connectivity index (χ1n) is 7.48. The molecule has 0 saturated heterocycles. The normalized spacial score (nSPS) is 11.6. The zero-order valence-corrected chi connectivity index (χ0v) is 14.2. The predicted octanol–water partition coefficient (Wildman–Crippen LogP) is 2.84. The summed E-state index contributed by atoms with van der Waals surface area (Å²) in [7, 11) is 1.30. The highest BCUT2D eigenvalue weighted by molar-refractivity contribution is 7.10. The number of esters is 1.